The molecule has 0 bridgehead atoms. The lowest BCUT2D eigenvalue weighted by Crippen LogP contribution is -2.08. The number of nitrogens with two attached hydrogens (primary N) is 2. The van der Waals surface area contributed by atoms with E-state index in [2.05, 4.69) is 4.74 Å². The Morgan fingerprint density at radius 1 is 1.43 bits per heavy atom. The van der Waals surface area contributed by atoms with Gasteiger partial charge in [-0.2, -0.15) is 0 Å². The molecule has 0 aromatic heterocycles. The van der Waals surface area contributed by atoms with Gasteiger partial charge in [0.1, 0.15) is 0 Å². The van der Waals surface area contributed by atoms with Gasteiger partial charge in [-0.15, -0.1) is 0 Å². The predicted octanol–water partition coefficient (Wildman–Crippen LogP) is 0.875. The summed E-state index contributed by atoms with van der Waals surface area (Å²) in [5, 5.41) is 0. The molecule has 0 unspecified atom stereocenters. The maximum Gasteiger partial charge on any atom is 0.310 e. The highest BCUT2D eigenvalue weighted by Gasteiger charge is 2.09. The number of nitrogen functional groups attached to an aromatic ring is 2. The van der Waals surface area contributed by atoms with Crippen molar-refractivity contribution in [2.45, 2.75) is 13.3 Å². The van der Waals surface area contributed by atoms with E-state index in [0.717, 1.165) is 11.1 Å². The molecule has 0 radical (unpaired) electrons. The molecule has 4 N–H and O–H groups in total. The normalized spacial score (nSPS) is 9.86. The molecule has 0 fully saturated rings. The van der Waals surface area contributed by atoms with Crippen molar-refractivity contribution in [1.82, 2.24) is 0 Å². The van der Waals surface area contributed by atoms with Gasteiger partial charge in [-0.1, -0.05) is 6.07 Å². The number of methoxy groups -OCH3 is 1. The molecule has 0 atom stereocenters. The first-order valence-corrected chi connectivity index (χ1v) is 4.26. The third-order valence-corrected chi connectivity index (χ3v) is 2.21. The molecule has 0 aliphatic heterocycles. The molecule has 0 amide bonds. The summed E-state index contributed by atoms with van der Waals surface area (Å²) in [6, 6.07) is 3.48. The quantitative estimate of drug-likeness (QED) is 0.541. The van der Waals surface area contributed by atoms with Gasteiger partial charge in [0, 0.05) is 11.4 Å². The van der Waals surface area contributed by atoms with Crippen LogP contribution in [0, 0.1) is 6.92 Å². The van der Waals surface area contributed by atoms with Crippen molar-refractivity contribution in [1.29, 1.82) is 0 Å². The Hall–Kier alpha value is -1.71. The number of carbonyl (C=O) groups excluding carboxylic acids is 1. The first kappa shape index (κ1) is 10.4. The largest absolute Gasteiger partial charge is 0.469 e. The molecule has 0 aliphatic rings. The summed E-state index contributed by atoms with van der Waals surface area (Å²) in [5.74, 6) is -0.305. The van der Waals surface area contributed by atoms with Crippen LogP contribution >= 0.6 is 0 Å². The summed E-state index contributed by atoms with van der Waals surface area (Å²) >= 11 is 0. The van der Waals surface area contributed by atoms with Gasteiger partial charge < -0.3 is 16.2 Å². The molecule has 0 heterocycles. The number of hydrogen-bond donors (Lipinski definition) is 2. The van der Waals surface area contributed by atoms with E-state index in [-0.39, 0.29) is 12.4 Å². The molecule has 0 saturated heterocycles. The highest BCUT2D eigenvalue weighted by Crippen LogP contribution is 2.23. The summed E-state index contributed by atoms with van der Waals surface area (Å²) in [6.45, 7) is 1.82. The maximum absolute atomic E-state index is 11.0. The minimum atomic E-state index is -0.305. The Morgan fingerprint density at radius 3 is 2.64 bits per heavy atom. The second-order valence-electron chi connectivity index (χ2n) is 3.11. The lowest BCUT2D eigenvalue weighted by atomic mass is 10.0. The summed E-state index contributed by atoms with van der Waals surface area (Å²) in [7, 11) is 1.35. The lowest BCUT2D eigenvalue weighted by molar-refractivity contribution is -0.139. The van der Waals surface area contributed by atoms with Gasteiger partial charge >= 0.3 is 5.97 Å². The molecule has 1 rings (SSSR count). The monoisotopic (exact) mass is 194 g/mol. The number of hydrogen-bond acceptors (Lipinski definition) is 4. The molecule has 4 heteroatoms. The zero-order valence-corrected chi connectivity index (χ0v) is 8.33. The molecule has 76 valence electrons. The van der Waals surface area contributed by atoms with E-state index >= 15 is 0 Å². The topological polar surface area (TPSA) is 78.3 Å². The van der Waals surface area contributed by atoms with Crippen molar-refractivity contribution in [3.8, 4) is 0 Å². The number of esters is 1. The molecular weight excluding hydrogens is 180 g/mol. The van der Waals surface area contributed by atoms with Gasteiger partial charge in [-0.25, -0.2) is 0 Å². The van der Waals surface area contributed by atoms with Gasteiger partial charge in [0.15, 0.2) is 0 Å². The first-order chi connectivity index (χ1) is 6.56. The van der Waals surface area contributed by atoms with Crippen LogP contribution in [0.4, 0.5) is 11.4 Å². The van der Waals surface area contributed by atoms with Crippen LogP contribution < -0.4 is 11.5 Å². The fourth-order valence-corrected chi connectivity index (χ4v) is 1.18. The van der Waals surface area contributed by atoms with Gasteiger partial charge in [0.25, 0.3) is 0 Å². The summed E-state index contributed by atoms with van der Waals surface area (Å²) in [6.07, 6.45) is 0.184. The second-order valence-corrected chi connectivity index (χ2v) is 3.11. The van der Waals surface area contributed by atoms with E-state index in [1.165, 1.54) is 7.11 Å². The van der Waals surface area contributed by atoms with Crippen LogP contribution in [-0.4, -0.2) is 13.1 Å². The minimum absolute atomic E-state index is 0.184. The number of carbonyl (C=O) groups is 1. The van der Waals surface area contributed by atoms with E-state index in [0.29, 0.717) is 11.4 Å². The van der Waals surface area contributed by atoms with Crippen molar-refractivity contribution in [3.63, 3.8) is 0 Å². The zero-order chi connectivity index (χ0) is 10.7. The average molecular weight is 194 g/mol. The van der Waals surface area contributed by atoms with Crippen LogP contribution in [0.15, 0.2) is 12.1 Å². The minimum Gasteiger partial charge on any atom is -0.469 e. The Morgan fingerprint density at radius 2 is 2.07 bits per heavy atom. The van der Waals surface area contributed by atoms with Crippen molar-refractivity contribution < 1.29 is 9.53 Å². The average Bonchev–Trinajstić information content (AvgIpc) is 2.19. The molecule has 0 aliphatic carbocycles. The first-order valence-electron chi connectivity index (χ1n) is 4.26. The highest BCUT2D eigenvalue weighted by atomic mass is 16.5. The summed E-state index contributed by atoms with van der Waals surface area (Å²) in [4.78, 5) is 11.0. The van der Waals surface area contributed by atoms with Crippen LogP contribution in [-0.2, 0) is 16.0 Å². The van der Waals surface area contributed by atoms with Crippen LogP contribution in [0.1, 0.15) is 11.1 Å². The Kier molecular flexibility index (Phi) is 2.96. The molecular formula is C10H14N2O2. The van der Waals surface area contributed by atoms with E-state index in [9.17, 15) is 4.79 Å². The van der Waals surface area contributed by atoms with Crippen molar-refractivity contribution in [2.75, 3.05) is 18.6 Å². The van der Waals surface area contributed by atoms with Crippen LogP contribution in [0.5, 0.6) is 0 Å². The second kappa shape index (κ2) is 4.00. The van der Waals surface area contributed by atoms with Crippen LogP contribution in [0.3, 0.4) is 0 Å². The third-order valence-electron chi connectivity index (χ3n) is 2.21. The third kappa shape index (κ3) is 1.96. The van der Waals surface area contributed by atoms with Gasteiger partial charge in [0.05, 0.1) is 13.5 Å². The molecule has 0 spiro atoms. The highest BCUT2D eigenvalue weighted by molar-refractivity contribution is 5.77. The van der Waals surface area contributed by atoms with Gasteiger partial charge in [-0.05, 0) is 24.1 Å². The van der Waals surface area contributed by atoms with Gasteiger partial charge in [-0.3, -0.25) is 4.79 Å². The molecule has 1 aromatic rings. The zero-order valence-electron chi connectivity index (χ0n) is 8.33. The summed E-state index contributed by atoms with van der Waals surface area (Å²) < 4.78 is 4.55. The number of benzene rings is 1. The van der Waals surface area contributed by atoms with Gasteiger partial charge in [0.2, 0.25) is 0 Å². The Balaban J connectivity index is 3.00. The van der Waals surface area contributed by atoms with Crippen LogP contribution in [0.2, 0.25) is 0 Å². The standard InChI is InChI=1S/C10H14N2O2/c1-6-8(11)4-3-7(10(6)12)5-9(13)14-2/h3-4H,5,11-12H2,1-2H3. The molecule has 1 aromatic carbocycles. The van der Waals surface area contributed by atoms with E-state index in [4.69, 9.17) is 11.5 Å². The van der Waals surface area contributed by atoms with Crippen molar-refractivity contribution >= 4 is 17.3 Å². The van der Waals surface area contributed by atoms with E-state index in [1.54, 1.807) is 12.1 Å². The number of anilines is 2. The summed E-state index contributed by atoms with van der Waals surface area (Å²) in [5.41, 5.74) is 14.2. The predicted molar refractivity (Wildman–Crippen MR) is 55.7 cm³/mol. The van der Waals surface area contributed by atoms with Crippen molar-refractivity contribution in [2.24, 2.45) is 0 Å². The number of ether oxygens (including phenoxy) is 1. The Bertz CT molecular complexity index is 361. The fraction of sp³-hybridized carbons (Fsp3) is 0.300. The van der Waals surface area contributed by atoms with Crippen LogP contribution in [0.25, 0.3) is 0 Å². The SMILES string of the molecule is COC(=O)Cc1ccc(N)c(C)c1N. The molecule has 4 nitrogen and oxygen atoms in total. The number of rotatable bonds is 2. The Labute approximate surface area is 82.8 Å². The fourth-order valence-electron chi connectivity index (χ4n) is 1.18. The molecule has 14 heavy (non-hydrogen) atoms. The lowest BCUT2D eigenvalue weighted by Gasteiger charge is -2.09. The maximum atomic E-state index is 11.0. The molecule has 0 saturated carbocycles. The van der Waals surface area contributed by atoms with Crippen molar-refractivity contribution in [3.05, 3.63) is 23.3 Å². The van der Waals surface area contributed by atoms with E-state index in [1.807, 2.05) is 6.92 Å². The van der Waals surface area contributed by atoms with E-state index < -0.39 is 0 Å². The smallest absolute Gasteiger partial charge is 0.310 e.